The van der Waals surface area contributed by atoms with Crippen LogP contribution in [0.4, 0.5) is 13.2 Å². The van der Waals surface area contributed by atoms with Crippen LogP contribution in [0, 0.1) is 5.92 Å². The van der Waals surface area contributed by atoms with Crippen LogP contribution in [0.3, 0.4) is 0 Å². The number of benzene rings is 1. The SMILES string of the molecule is CN=C(NCc1ccnc(OCC(F)(F)F)c1)NCc1ccccc1OCC1CC1.I. The summed E-state index contributed by atoms with van der Waals surface area (Å²) in [6, 6.07) is 11.0. The van der Waals surface area contributed by atoms with Crippen molar-refractivity contribution >= 4 is 29.9 Å². The van der Waals surface area contributed by atoms with Gasteiger partial charge in [0, 0.05) is 38.0 Å². The number of hydrogen-bond donors (Lipinski definition) is 2. The molecule has 3 rings (SSSR count). The van der Waals surface area contributed by atoms with Crippen LogP contribution in [-0.4, -0.2) is 37.4 Å². The largest absolute Gasteiger partial charge is 0.493 e. The molecule has 0 amide bonds. The molecule has 0 unspecified atom stereocenters. The highest BCUT2D eigenvalue weighted by molar-refractivity contribution is 14.0. The van der Waals surface area contributed by atoms with E-state index in [2.05, 4.69) is 25.3 Å². The molecule has 10 heteroatoms. The van der Waals surface area contributed by atoms with Crippen molar-refractivity contribution in [1.29, 1.82) is 0 Å². The van der Waals surface area contributed by atoms with Crippen molar-refractivity contribution in [1.82, 2.24) is 15.6 Å². The summed E-state index contributed by atoms with van der Waals surface area (Å²) < 4.78 is 47.5. The molecule has 2 N–H and O–H groups in total. The van der Waals surface area contributed by atoms with Crippen LogP contribution in [0.25, 0.3) is 0 Å². The molecule has 0 spiro atoms. The molecule has 0 bridgehead atoms. The van der Waals surface area contributed by atoms with Crippen molar-refractivity contribution in [2.75, 3.05) is 20.3 Å². The van der Waals surface area contributed by atoms with E-state index in [1.165, 1.54) is 25.1 Å². The first-order valence-electron chi connectivity index (χ1n) is 9.72. The van der Waals surface area contributed by atoms with Crippen LogP contribution < -0.4 is 20.1 Å². The average molecular weight is 550 g/mol. The van der Waals surface area contributed by atoms with Crippen molar-refractivity contribution in [3.05, 3.63) is 53.7 Å². The Labute approximate surface area is 196 Å². The van der Waals surface area contributed by atoms with Crippen LogP contribution in [0.2, 0.25) is 0 Å². The minimum atomic E-state index is -4.40. The number of nitrogens with zero attached hydrogens (tertiary/aromatic N) is 2. The van der Waals surface area contributed by atoms with Gasteiger partial charge >= 0.3 is 6.18 Å². The van der Waals surface area contributed by atoms with Crippen molar-refractivity contribution < 1.29 is 22.6 Å². The molecule has 2 aromatic rings. The highest BCUT2D eigenvalue weighted by atomic mass is 127. The first kappa shape index (κ1) is 25.0. The fraction of sp³-hybridized carbons (Fsp3) is 0.429. The number of pyridine rings is 1. The summed E-state index contributed by atoms with van der Waals surface area (Å²) in [5, 5.41) is 6.35. The number of rotatable bonds is 9. The minimum Gasteiger partial charge on any atom is -0.493 e. The Balaban J connectivity index is 0.00000341. The third-order valence-corrected chi connectivity index (χ3v) is 4.46. The van der Waals surface area contributed by atoms with E-state index in [0.717, 1.165) is 23.5 Å². The topological polar surface area (TPSA) is 67.8 Å². The molecule has 1 saturated carbocycles. The van der Waals surface area contributed by atoms with Gasteiger partial charge in [-0.2, -0.15) is 13.2 Å². The second-order valence-electron chi connectivity index (χ2n) is 7.05. The number of guanidine groups is 1. The molecule has 1 aliphatic carbocycles. The zero-order chi connectivity index (χ0) is 21.4. The van der Waals surface area contributed by atoms with Gasteiger partial charge in [-0.05, 0) is 36.5 Å². The lowest BCUT2D eigenvalue weighted by molar-refractivity contribution is -0.154. The first-order valence-corrected chi connectivity index (χ1v) is 9.72. The molecule has 31 heavy (non-hydrogen) atoms. The van der Waals surface area contributed by atoms with Crippen LogP contribution >= 0.6 is 24.0 Å². The number of alkyl halides is 3. The van der Waals surface area contributed by atoms with E-state index in [1.807, 2.05) is 24.3 Å². The Kier molecular flexibility index (Phi) is 9.66. The number of ether oxygens (including phenoxy) is 2. The van der Waals surface area contributed by atoms with Gasteiger partial charge in [0.05, 0.1) is 6.61 Å². The third kappa shape index (κ3) is 9.19. The number of nitrogens with one attached hydrogen (secondary N) is 2. The Morgan fingerprint density at radius 3 is 2.58 bits per heavy atom. The number of para-hydroxylation sites is 1. The number of aromatic nitrogens is 1. The van der Waals surface area contributed by atoms with E-state index in [-0.39, 0.29) is 29.9 Å². The molecule has 0 atom stereocenters. The molecule has 1 heterocycles. The Morgan fingerprint density at radius 2 is 1.87 bits per heavy atom. The maximum Gasteiger partial charge on any atom is 0.422 e. The van der Waals surface area contributed by atoms with Crippen LogP contribution in [0.1, 0.15) is 24.0 Å². The highest BCUT2D eigenvalue weighted by Crippen LogP contribution is 2.30. The lowest BCUT2D eigenvalue weighted by atomic mass is 10.2. The molecule has 0 saturated heterocycles. The lowest BCUT2D eigenvalue weighted by Crippen LogP contribution is -2.36. The molecule has 170 valence electrons. The van der Waals surface area contributed by atoms with E-state index < -0.39 is 12.8 Å². The molecule has 1 aromatic heterocycles. The van der Waals surface area contributed by atoms with Gasteiger partial charge in [0.2, 0.25) is 5.88 Å². The molecule has 6 nitrogen and oxygen atoms in total. The summed E-state index contributed by atoms with van der Waals surface area (Å²) in [5.41, 5.74) is 1.74. The predicted octanol–water partition coefficient (Wildman–Crippen LogP) is 4.29. The number of halogens is 4. The molecule has 0 aliphatic heterocycles. The van der Waals surface area contributed by atoms with Gasteiger partial charge in [0.15, 0.2) is 12.6 Å². The lowest BCUT2D eigenvalue weighted by Gasteiger charge is -2.15. The maximum absolute atomic E-state index is 12.3. The summed E-state index contributed by atoms with van der Waals surface area (Å²) in [6.45, 7) is 0.244. The Morgan fingerprint density at radius 1 is 1.13 bits per heavy atom. The van der Waals surface area contributed by atoms with Gasteiger partial charge in [-0.3, -0.25) is 4.99 Å². The van der Waals surface area contributed by atoms with Gasteiger partial charge < -0.3 is 20.1 Å². The van der Waals surface area contributed by atoms with Gasteiger partial charge in [-0.25, -0.2) is 4.98 Å². The molecule has 1 fully saturated rings. The van der Waals surface area contributed by atoms with E-state index in [4.69, 9.17) is 4.74 Å². The van der Waals surface area contributed by atoms with Crippen molar-refractivity contribution in [3.63, 3.8) is 0 Å². The number of hydrogen-bond acceptors (Lipinski definition) is 4. The van der Waals surface area contributed by atoms with Crippen LogP contribution in [0.5, 0.6) is 11.6 Å². The average Bonchev–Trinajstić information content (AvgIpc) is 3.56. The van der Waals surface area contributed by atoms with E-state index in [0.29, 0.717) is 25.0 Å². The smallest absolute Gasteiger partial charge is 0.422 e. The molecule has 1 aromatic carbocycles. The van der Waals surface area contributed by atoms with Crippen LogP contribution in [0.15, 0.2) is 47.6 Å². The standard InChI is InChI=1S/C21H25F3N4O2.HI/c1-25-20(27-11-16-8-9-26-19(10-16)30-14-21(22,23)24)28-12-17-4-2-3-5-18(17)29-13-15-6-7-15;/h2-5,8-10,15H,6-7,11-14H2,1H3,(H2,25,27,28);1H. The molecule has 1 aliphatic rings. The third-order valence-electron chi connectivity index (χ3n) is 4.46. The normalized spacial score (nSPS) is 13.9. The zero-order valence-electron chi connectivity index (χ0n) is 17.1. The Bertz CT molecular complexity index is 861. The summed E-state index contributed by atoms with van der Waals surface area (Å²) >= 11 is 0. The van der Waals surface area contributed by atoms with Gasteiger partial charge in [0.25, 0.3) is 0 Å². The van der Waals surface area contributed by atoms with Gasteiger partial charge in [-0.15, -0.1) is 24.0 Å². The quantitative estimate of drug-likeness (QED) is 0.277. The molecule has 0 radical (unpaired) electrons. The summed E-state index contributed by atoms with van der Waals surface area (Å²) in [6.07, 6.45) is -0.531. The minimum absolute atomic E-state index is 0. The number of aliphatic imine (C=N–C) groups is 1. The van der Waals surface area contributed by atoms with E-state index in [9.17, 15) is 13.2 Å². The van der Waals surface area contributed by atoms with Crippen molar-refractivity contribution in [2.45, 2.75) is 32.1 Å². The fourth-order valence-corrected chi connectivity index (χ4v) is 2.66. The molecular formula is C21H26F3IN4O2. The second kappa shape index (κ2) is 12.0. The van der Waals surface area contributed by atoms with E-state index >= 15 is 0 Å². The summed E-state index contributed by atoms with van der Waals surface area (Å²) in [7, 11) is 1.65. The van der Waals surface area contributed by atoms with Crippen molar-refractivity contribution in [2.24, 2.45) is 10.9 Å². The van der Waals surface area contributed by atoms with E-state index in [1.54, 1.807) is 13.1 Å². The predicted molar refractivity (Wildman–Crippen MR) is 123 cm³/mol. The van der Waals surface area contributed by atoms with Crippen molar-refractivity contribution in [3.8, 4) is 11.6 Å². The summed E-state index contributed by atoms with van der Waals surface area (Å²) in [5.74, 6) is 2.01. The first-order chi connectivity index (χ1) is 14.4. The maximum atomic E-state index is 12.3. The Hall–Kier alpha value is -2.24. The fourth-order valence-electron chi connectivity index (χ4n) is 2.66. The highest BCUT2D eigenvalue weighted by Gasteiger charge is 2.28. The second-order valence-corrected chi connectivity index (χ2v) is 7.05. The van der Waals surface area contributed by atoms with Crippen LogP contribution in [-0.2, 0) is 13.1 Å². The summed E-state index contributed by atoms with van der Waals surface area (Å²) in [4.78, 5) is 7.98. The van der Waals surface area contributed by atoms with Gasteiger partial charge in [-0.1, -0.05) is 18.2 Å². The molecular weight excluding hydrogens is 524 g/mol. The zero-order valence-corrected chi connectivity index (χ0v) is 19.4. The van der Waals surface area contributed by atoms with Gasteiger partial charge in [0.1, 0.15) is 5.75 Å². The monoisotopic (exact) mass is 550 g/mol.